The van der Waals surface area contributed by atoms with Gasteiger partial charge in [-0.1, -0.05) is 12.1 Å². The summed E-state index contributed by atoms with van der Waals surface area (Å²) in [7, 11) is 0. The van der Waals surface area contributed by atoms with Crippen LogP contribution in [-0.4, -0.2) is 17.6 Å². The molecule has 6 heteroatoms. The van der Waals surface area contributed by atoms with Gasteiger partial charge in [-0.15, -0.1) is 0 Å². The molecule has 2 N–H and O–H groups in total. The Morgan fingerprint density at radius 2 is 2.05 bits per heavy atom. The van der Waals surface area contributed by atoms with E-state index in [-0.39, 0.29) is 11.2 Å². The molecule has 3 nitrogen and oxygen atoms in total. The molecule has 0 heterocycles. The molecule has 1 fully saturated rings. The van der Waals surface area contributed by atoms with Gasteiger partial charge in [0, 0.05) is 17.8 Å². The highest BCUT2D eigenvalue weighted by Crippen LogP contribution is 2.31. The molecule has 1 amide bonds. The van der Waals surface area contributed by atoms with Gasteiger partial charge in [-0.3, -0.25) is 4.79 Å². The zero-order valence-electron chi connectivity index (χ0n) is 11.2. The van der Waals surface area contributed by atoms with E-state index in [9.17, 15) is 18.0 Å². The van der Waals surface area contributed by atoms with Crippen molar-refractivity contribution in [3.63, 3.8) is 0 Å². The molecule has 0 saturated heterocycles. The Morgan fingerprint density at radius 1 is 1.35 bits per heavy atom. The number of nitrogens with one attached hydrogen (secondary N) is 2. The molecular formula is C14H17F3N2O. The summed E-state index contributed by atoms with van der Waals surface area (Å²) < 4.78 is 36.5. The number of hydrogen-bond acceptors (Lipinski definition) is 2. The molecule has 20 heavy (non-hydrogen) atoms. The van der Waals surface area contributed by atoms with Crippen molar-refractivity contribution in [1.82, 2.24) is 5.32 Å². The van der Waals surface area contributed by atoms with E-state index in [4.69, 9.17) is 0 Å². The van der Waals surface area contributed by atoms with Crippen LogP contribution >= 0.6 is 0 Å². The normalized spacial score (nSPS) is 17.4. The van der Waals surface area contributed by atoms with E-state index in [0.29, 0.717) is 6.54 Å². The topological polar surface area (TPSA) is 41.1 Å². The van der Waals surface area contributed by atoms with Gasteiger partial charge in [0.15, 0.2) is 0 Å². The summed E-state index contributed by atoms with van der Waals surface area (Å²) in [6, 6.07) is 6.45. The lowest BCUT2D eigenvalue weighted by Crippen LogP contribution is -2.47. The van der Waals surface area contributed by atoms with Crippen molar-refractivity contribution in [1.29, 1.82) is 0 Å². The monoisotopic (exact) mass is 286 g/mol. The van der Waals surface area contributed by atoms with Crippen LogP contribution in [0.1, 0.15) is 31.7 Å². The Labute approximate surface area is 115 Å². The van der Waals surface area contributed by atoms with Gasteiger partial charge in [0.05, 0.1) is 0 Å². The summed E-state index contributed by atoms with van der Waals surface area (Å²) in [4.78, 5) is 10.9. The van der Waals surface area contributed by atoms with Crippen molar-refractivity contribution >= 4 is 11.6 Å². The second-order valence-electron chi connectivity index (χ2n) is 5.42. The average Bonchev–Trinajstić information content (AvgIpc) is 2.33. The number of hydrogen-bond donors (Lipinski definition) is 2. The van der Waals surface area contributed by atoms with Crippen molar-refractivity contribution in [3.8, 4) is 0 Å². The summed E-state index contributed by atoms with van der Waals surface area (Å²) in [5.74, 6) is -1.95. The zero-order chi connectivity index (χ0) is 14.8. The summed E-state index contributed by atoms with van der Waals surface area (Å²) in [5, 5.41) is 5.24. The minimum atomic E-state index is -4.87. The fraction of sp³-hybridized carbons (Fsp3) is 0.500. The van der Waals surface area contributed by atoms with Crippen LogP contribution in [0.25, 0.3) is 0 Å². The van der Waals surface area contributed by atoms with Crippen LogP contribution < -0.4 is 10.6 Å². The summed E-state index contributed by atoms with van der Waals surface area (Å²) in [6.07, 6.45) is -1.45. The van der Waals surface area contributed by atoms with E-state index in [1.807, 2.05) is 11.4 Å². The van der Waals surface area contributed by atoms with Crippen molar-refractivity contribution < 1.29 is 18.0 Å². The standard InChI is InChI=1S/C14H17F3N2O/c1-13(6-3-7-13)18-9-10-4-2-5-11(8-10)19-12(20)14(15,16)17/h2,4-5,8,18H,3,6-7,9H2,1H3,(H,19,20). The van der Waals surface area contributed by atoms with Gasteiger partial charge in [0.2, 0.25) is 0 Å². The van der Waals surface area contributed by atoms with Gasteiger partial charge in [0.25, 0.3) is 0 Å². The van der Waals surface area contributed by atoms with Crippen LogP contribution in [-0.2, 0) is 11.3 Å². The van der Waals surface area contributed by atoms with Crippen molar-refractivity contribution in [2.45, 2.75) is 44.4 Å². The Morgan fingerprint density at radius 3 is 2.60 bits per heavy atom. The largest absolute Gasteiger partial charge is 0.471 e. The van der Waals surface area contributed by atoms with E-state index in [2.05, 4.69) is 12.2 Å². The van der Waals surface area contributed by atoms with Crippen LogP contribution in [0.4, 0.5) is 18.9 Å². The number of alkyl halides is 3. The second kappa shape index (κ2) is 5.44. The van der Waals surface area contributed by atoms with Gasteiger partial charge >= 0.3 is 12.1 Å². The van der Waals surface area contributed by atoms with Crippen molar-refractivity contribution in [3.05, 3.63) is 29.8 Å². The average molecular weight is 286 g/mol. The van der Waals surface area contributed by atoms with Gasteiger partial charge in [0.1, 0.15) is 0 Å². The molecule has 1 saturated carbocycles. The van der Waals surface area contributed by atoms with Crippen LogP contribution in [0.2, 0.25) is 0 Å². The van der Waals surface area contributed by atoms with Gasteiger partial charge in [-0.25, -0.2) is 0 Å². The zero-order valence-corrected chi connectivity index (χ0v) is 11.2. The van der Waals surface area contributed by atoms with E-state index >= 15 is 0 Å². The Hall–Kier alpha value is -1.56. The fourth-order valence-corrected chi connectivity index (χ4v) is 2.16. The third-order valence-electron chi connectivity index (χ3n) is 3.62. The molecule has 1 aliphatic carbocycles. The van der Waals surface area contributed by atoms with E-state index < -0.39 is 12.1 Å². The third-order valence-corrected chi connectivity index (χ3v) is 3.62. The Bertz CT molecular complexity index is 495. The number of halogens is 3. The Balaban J connectivity index is 1.95. The van der Waals surface area contributed by atoms with Crippen LogP contribution in [0.3, 0.4) is 0 Å². The molecule has 2 rings (SSSR count). The minimum absolute atomic E-state index is 0.130. The predicted octanol–water partition coefficient (Wildman–Crippen LogP) is 3.22. The fourth-order valence-electron chi connectivity index (χ4n) is 2.16. The highest BCUT2D eigenvalue weighted by molar-refractivity contribution is 5.94. The summed E-state index contributed by atoms with van der Waals surface area (Å²) >= 11 is 0. The number of benzene rings is 1. The van der Waals surface area contributed by atoms with Gasteiger partial charge < -0.3 is 10.6 Å². The number of carbonyl (C=O) groups excluding carboxylic acids is 1. The summed E-state index contributed by atoms with van der Waals surface area (Å²) in [5.41, 5.74) is 1.13. The smallest absolute Gasteiger partial charge is 0.318 e. The second-order valence-corrected chi connectivity index (χ2v) is 5.42. The highest BCUT2D eigenvalue weighted by Gasteiger charge is 2.38. The molecule has 110 valence electrons. The maximum Gasteiger partial charge on any atom is 0.471 e. The molecule has 1 aliphatic rings. The lowest BCUT2D eigenvalue weighted by Gasteiger charge is -2.39. The van der Waals surface area contributed by atoms with Gasteiger partial charge in [-0.2, -0.15) is 13.2 Å². The molecule has 0 atom stereocenters. The van der Waals surface area contributed by atoms with E-state index in [1.165, 1.54) is 12.5 Å². The van der Waals surface area contributed by atoms with Crippen LogP contribution in [0, 0.1) is 0 Å². The SMILES string of the molecule is CC1(NCc2cccc(NC(=O)C(F)(F)F)c2)CCC1. The first-order chi connectivity index (χ1) is 9.28. The first-order valence-electron chi connectivity index (χ1n) is 6.51. The van der Waals surface area contributed by atoms with Crippen molar-refractivity contribution in [2.24, 2.45) is 0 Å². The quantitative estimate of drug-likeness (QED) is 0.892. The van der Waals surface area contributed by atoms with Crippen molar-refractivity contribution in [2.75, 3.05) is 5.32 Å². The summed E-state index contributed by atoms with van der Waals surface area (Å²) in [6.45, 7) is 2.71. The molecule has 0 spiro atoms. The molecular weight excluding hydrogens is 269 g/mol. The lowest BCUT2D eigenvalue weighted by atomic mass is 9.78. The predicted molar refractivity (Wildman–Crippen MR) is 70.2 cm³/mol. The molecule has 1 aromatic carbocycles. The maximum atomic E-state index is 12.2. The number of amides is 1. The third kappa shape index (κ3) is 3.72. The number of carbonyl (C=O) groups is 1. The van der Waals surface area contributed by atoms with Crippen LogP contribution in [0.5, 0.6) is 0 Å². The van der Waals surface area contributed by atoms with Gasteiger partial charge in [-0.05, 0) is 43.9 Å². The lowest BCUT2D eigenvalue weighted by molar-refractivity contribution is -0.167. The Kier molecular flexibility index (Phi) is 4.04. The molecule has 0 unspecified atom stereocenters. The molecule has 0 aliphatic heterocycles. The number of rotatable bonds is 4. The minimum Gasteiger partial charge on any atom is -0.318 e. The van der Waals surface area contributed by atoms with E-state index in [1.54, 1.807) is 12.1 Å². The van der Waals surface area contributed by atoms with Crippen LogP contribution in [0.15, 0.2) is 24.3 Å². The first-order valence-corrected chi connectivity index (χ1v) is 6.51. The number of anilines is 1. The highest BCUT2D eigenvalue weighted by atomic mass is 19.4. The first kappa shape index (κ1) is 14.8. The maximum absolute atomic E-state index is 12.2. The molecule has 0 bridgehead atoms. The molecule has 0 aromatic heterocycles. The van der Waals surface area contributed by atoms with E-state index in [0.717, 1.165) is 18.4 Å². The molecule has 1 aromatic rings. The molecule has 0 radical (unpaired) electrons.